The molecule has 10 heteroatoms. The number of esters is 1. The molecule has 202 valence electrons. The van der Waals surface area contributed by atoms with E-state index in [-0.39, 0.29) is 47.3 Å². The van der Waals surface area contributed by atoms with Crippen molar-refractivity contribution in [1.82, 2.24) is 19.8 Å². The lowest BCUT2D eigenvalue weighted by Gasteiger charge is -2.32. The number of benzene rings is 1. The van der Waals surface area contributed by atoms with Crippen molar-refractivity contribution in [2.75, 3.05) is 19.7 Å². The number of aromatic amines is 2. The number of hydrogen-bond donors (Lipinski definition) is 2. The molecule has 1 atom stereocenters. The van der Waals surface area contributed by atoms with Gasteiger partial charge in [-0.1, -0.05) is 0 Å². The van der Waals surface area contributed by atoms with E-state index in [2.05, 4.69) is 9.97 Å². The topological polar surface area (TPSA) is 125 Å². The van der Waals surface area contributed by atoms with Crippen LogP contribution >= 0.6 is 0 Å². The number of nitrogens with zero attached hydrogens (tertiary/aromatic N) is 2. The molecular weight excluding hydrogens is 488 g/mol. The first-order chi connectivity index (χ1) is 18.1. The molecule has 1 saturated carbocycles. The number of likely N-dealkylation sites (tertiary alicyclic amines) is 1. The van der Waals surface area contributed by atoms with Gasteiger partial charge in [-0.3, -0.25) is 9.59 Å². The summed E-state index contributed by atoms with van der Waals surface area (Å²) in [5.41, 5.74) is 0.535. The number of H-pyrrole nitrogens is 2. The molecule has 2 fully saturated rings. The van der Waals surface area contributed by atoms with Gasteiger partial charge >= 0.3 is 12.1 Å². The summed E-state index contributed by atoms with van der Waals surface area (Å²) in [5.74, 6) is -0.677. The molecule has 5 rings (SSSR count). The van der Waals surface area contributed by atoms with Gasteiger partial charge in [-0.2, -0.15) is 0 Å². The number of amides is 2. The molecule has 1 aromatic carbocycles. The number of carbonyl (C=O) groups excluding carboxylic acids is 3. The second kappa shape index (κ2) is 9.81. The lowest BCUT2D eigenvalue weighted by Crippen LogP contribution is -2.47. The van der Waals surface area contributed by atoms with Crippen molar-refractivity contribution in [1.29, 1.82) is 0 Å². The second-order valence-corrected chi connectivity index (χ2v) is 11.0. The molecule has 0 bridgehead atoms. The van der Waals surface area contributed by atoms with Crippen LogP contribution in [-0.4, -0.2) is 75.1 Å². The van der Waals surface area contributed by atoms with Crippen molar-refractivity contribution in [3.63, 3.8) is 0 Å². The summed E-state index contributed by atoms with van der Waals surface area (Å²) in [7, 11) is 0. The summed E-state index contributed by atoms with van der Waals surface area (Å²) in [6.45, 7) is 8.49. The molecule has 2 aromatic heterocycles. The average molecular weight is 523 g/mol. The molecule has 1 saturated heterocycles. The molecule has 3 heterocycles. The summed E-state index contributed by atoms with van der Waals surface area (Å²) in [6, 6.07) is 5.12. The predicted octanol–water partition coefficient (Wildman–Crippen LogP) is 4.19. The largest absolute Gasteiger partial charge is 0.462 e. The SMILES string of the molecule is CCOC(=O)c1c[nH]c2c(=O)[nH]c3ccc(C(=O)N(CC4CCCN4C(=O)OC(C)(C)C)C4CC4)cc3c12. The summed E-state index contributed by atoms with van der Waals surface area (Å²) >= 11 is 0. The molecule has 2 N–H and O–H groups in total. The molecule has 2 aliphatic rings. The zero-order valence-corrected chi connectivity index (χ0v) is 22.3. The minimum absolute atomic E-state index is 0.113. The highest BCUT2D eigenvalue weighted by Crippen LogP contribution is 2.32. The normalized spacial score (nSPS) is 17.7. The molecule has 1 unspecified atom stereocenters. The van der Waals surface area contributed by atoms with E-state index in [9.17, 15) is 19.2 Å². The van der Waals surface area contributed by atoms with E-state index >= 15 is 0 Å². The first kappa shape index (κ1) is 25.8. The Labute approximate surface area is 220 Å². The first-order valence-corrected chi connectivity index (χ1v) is 13.2. The van der Waals surface area contributed by atoms with Gasteiger partial charge in [0.15, 0.2) is 0 Å². The molecule has 0 radical (unpaired) electrons. The molecule has 2 amide bonds. The van der Waals surface area contributed by atoms with Gasteiger partial charge in [0.2, 0.25) is 0 Å². The maximum absolute atomic E-state index is 13.8. The van der Waals surface area contributed by atoms with Crippen LogP contribution in [0, 0.1) is 0 Å². The van der Waals surface area contributed by atoms with Gasteiger partial charge in [-0.15, -0.1) is 0 Å². The molecule has 3 aromatic rings. The van der Waals surface area contributed by atoms with Crippen LogP contribution in [0.4, 0.5) is 4.79 Å². The van der Waals surface area contributed by atoms with Gasteiger partial charge in [0.25, 0.3) is 11.5 Å². The predicted molar refractivity (Wildman–Crippen MR) is 142 cm³/mol. The zero-order valence-electron chi connectivity index (χ0n) is 22.3. The number of hydrogen-bond acceptors (Lipinski definition) is 6. The number of fused-ring (bicyclic) bond motifs is 3. The van der Waals surface area contributed by atoms with Crippen LogP contribution in [-0.2, 0) is 9.47 Å². The van der Waals surface area contributed by atoms with Crippen LogP contribution in [0.15, 0.2) is 29.2 Å². The quantitative estimate of drug-likeness (QED) is 0.468. The van der Waals surface area contributed by atoms with Crippen LogP contribution in [0.1, 0.15) is 74.1 Å². The Kier molecular flexibility index (Phi) is 6.66. The molecule has 10 nitrogen and oxygen atoms in total. The fourth-order valence-electron chi connectivity index (χ4n) is 5.19. The smallest absolute Gasteiger partial charge is 0.410 e. The van der Waals surface area contributed by atoms with Gasteiger partial charge in [0, 0.05) is 47.2 Å². The highest BCUT2D eigenvalue weighted by Gasteiger charge is 2.39. The van der Waals surface area contributed by atoms with E-state index in [0.29, 0.717) is 34.9 Å². The van der Waals surface area contributed by atoms with Crippen LogP contribution < -0.4 is 5.56 Å². The van der Waals surface area contributed by atoms with Crippen molar-refractivity contribution in [2.24, 2.45) is 0 Å². The van der Waals surface area contributed by atoms with Gasteiger partial charge < -0.3 is 29.2 Å². The van der Waals surface area contributed by atoms with E-state index in [1.807, 2.05) is 25.7 Å². The summed E-state index contributed by atoms with van der Waals surface area (Å²) in [6.07, 6.45) is 4.62. The standard InChI is InChI=1S/C28H34N4O6/c1-5-37-26(35)20-14-29-23-22(20)19-13-16(8-11-21(19)30-24(23)33)25(34)32(17-9-10-17)15-18-7-6-12-31(18)27(36)38-28(2,3)4/h8,11,13-14,17-18,29H,5-7,9-10,12,15H2,1-4H3,(H,30,33). The molecule has 0 spiro atoms. The van der Waals surface area contributed by atoms with Crippen molar-refractivity contribution < 1.29 is 23.9 Å². The van der Waals surface area contributed by atoms with Crippen LogP contribution in [0.25, 0.3) is 21.8 Å². The number of pyridine rings is 1. The monoisotopic (exact) mass is 522 g/mol. The summed E-state index contributed by atoms with van der Waals surface area (Å²) in [5, 5.41) is 1.02. The summed E-state index contributed by atoms with van der Waals surface area (Å²) in [4.78, 5) is 61.2. The van der Waals surface area contributed by atoms with E-state index in [1.165, 1.54) is 6.20 Å². The Morgan fingerprint density at radius 3 is 2.61 bits per heavy atom. The van der Waals surface area contributed by atoms with E-state index < -0.39 is 11.6 Å². The third kappa shape index (κ3) is 4.99. The van der Waals surface area contributed by atoms with Gasteiger partial charge in [0.05, 0.1) is 18.2 Å². The minimum Gasteiger partial charge on any atom is -0.462 e. The van der Waals surface area contributed by atoms with Crippen molar-refractivity contribution in [3.8, 4) is 0 Å². The number of aromatic nitrogens is 2. The van der Waals surface area contributed by atoms with Crippen molar-refractivity contribution >= 4 is 39.8 Å². The van der Waals surface area contributed by atoms with Crippen LogP contribution in [0.2, 0.25) is 0 Å². The third-order valence-corrected chi connectivity index (χ3v) is 7.05. The van der Waals surface area contributed by atoms with E-state index in [4.69, 9.17) is 9.47 Å². The van der Waals surface area contributed by atoms with E-state index in [1.54, 1.807) is 30.0 Å². The zero-order chi connectivity index (χ0) is 27.2. The van der Waals surface area contributed by atoms with Crippen LogP contribution in [0.3, 0.4) is 0 Å². The van der Waals surface area contributed by atoms with Crippen LogP contribution in [0.5, 0.6) is 0 Å². The fraction of sp³-hybridized carbons (Fsp3) is 0.500. The minimum atomic E-state index is -0.589. The second-order valence-electron chi connectivity index (χ2n) is 11.0. The van der Waals surface area contributed by atoms with Gasteiger partial charge in [0.1, 0.15) is 11.1 Å². The maximum Gasteiger partial charge on any atom is 0.410 e. The lowest BCUT2D eigenvalue weighted by atomic mass is 10.0. The number of rotatable bonds is 6. The highest BCUT2D eigenvalue weighted by molar-refractivity contribution is 6.16. The molecular formula is C28H34N4O6. The van der Waals surface area contributed by atoms with Gasteiger partial charge in [-0.25, -0.2) is 9.59 Å². The Hall–Kier alpha value is -3.82. The Bertz CT molecular complexity index is 1460. The number of carbonyl (C=O) groups is 3. The molecule has 1 aliphatic carbocycles. The lowest BCUT2D eigenvalue weighted by molar-refractivity contribution is 0.0188. The number of nitrogens with one attached hydrogen (secondary N) is 2. The van der Waals surface area contributed by atoms with E-state index in [0.717, 1.165) is 25.7 Å². The maximum atomic E-state index is 13.8. The third-order valence-electron chi connectivity index (χ3n) is 7.05. The fourth-order valence-corrected chi connectivity index (χ4v) is 5.19. The van der Waals surface area contributed by atoms with Gasteiger partial charge in [-0.05, 0) is 71.6 Å². The Morgan fingerprint density at radius 1 is 1.16 bits per heavy atom. The highest BCUT2D eigenvalue weighted by atomic mass is 16.6. The summed E-state index contributed by atoms with van der Waals surface area (Å²) < 4.78 is 10.8. The average Bonchev–Trinajstić information content (AvgIpc) is 3.40. The first-order valence-electron chi connectivity index (χ1n) is 13.2. The van der Waals surface area contributed by atoms with Crippen molar-refractivity contribution in [2.45, 2.75) is 71.1 Å². The van der Waals surface area contributed by atoms with Crippen molar-refractivity contribution in [3.05, 3.63) is 45.9 Å². The molecule has 1 aliphatic heterocycles. The Morgan fingerprint density at radius 2 is 1.92 bits per heavy atom. The molecule has 38 heavy (non-hydrogen) atoms. The number of ether oxygens (including phenoxy) is 2. The Balaban J connectivity index is 1.47.